The molecule has 0 bridgehead atoms. The van der Waals surface area contributed by atoms with E-state index in [1.54, 1.807) is 11.1 Å². The molecule has 1 aromatic heterocycles. The van der Waals surface area contributed by atoms with Crippen molar-refractivity contribution in [2.24, 2.45) is 5.10 Å². The maximum Gasteiger partial charge on any atom is 0.266 e. The molecule has 0 spiro atoms. The van der Waals surface area contributed by atoms with E-state index in [4.69, 9.17) is 0 Å². The van der Waals surface area contributed by atoms with Crippen molar-refractivity contribution in [3.63, 3.8) is 0 Å². The van der Waals surface area contributed by atoms with Gasteiger partial charge in [-0.2, -0.15) is 5.10 Å². The average Bonchev–Trinajstić information content (AvgIpc) is 3.10. The predicted molar refractivity (Wildman–Crippen MR) is 116 cm³/mol. The second kappa shape index (κ2) is 6.55. The summed E-state index contributed by atoms with van der Waals surface area (Å²) in [7, 11) is 0. The van der Waals surface area contributed by atoms with Gasteiger partial charge in [-0.15, -0.1) is 0 Å². The Morgan fingerprint density at radius 3 is 2.60 bits per heavy atom. The zero-order chi connectivity index (χ0) is 21.0. The Hall–Kier alpha value is -3.41. The van der Waals surface area contributed by atoms with E-state index in [1.165, 1.54) is 5.01 Å². The molecule has 1 N–H and O–H groups in total. The fraction of sp³-hybridized carbons (Fsp3) is 0.292. The number of carbonyl (C=O) groups is 2. The third-order valence-electron chi connectivity index (χ3n) is 6.25. The second-order valence-electron chi connectivity index (χ2n) is 8.62. The largest absolute Gasteiger partial charge is 0.356 e. The van der Waals surface area contributed by atoms with Gasteiger partial charge < -0.3 is 9.88 Å². The normalized spacial score (nSPS) is 20.7. The summed E-state index contributed by atoms with van der Waals surface area (Å²) in [6.45, 7) is 5.98. The standard InChI is InChI=1S/C24H24N4O2/c1-15-8-10-16(11-9-15)13-25-27-14-21(29)28-20(23(27)30)12-18-17-6-4-5-7-19(17)26-22(18)24(28,2)3/h4-11,13,20,26H,12,14H2,1-3H3. The van der Waals surface area contributed by atoms with E-state index < -0.39 is 11.6 Å². The number of nitrogens with zero attached hydrogens (tertiary/aromatic N) is 3. The van der Waals surface area contributed by atoms with Crippen LogP contribution in [0.25, 0.3) is 10.9 Å². The maximum absolute atomic E-state index is 13.3. The number of hydrazone groups is 1. The van der Waals surface area contributed by atoms with E-state index in [0.29, 0.717) is 6.42 Å². The van der Waals surface area contributed by atoms with Crippen molar-refractivity contribution in [3.8, 4) is 0 Å². The number of piperazine rings is 1. The van der Waals surface area contributed by atoms with Gasteiger partial charge in [-0.3, -0.25) is 9.59 Å². The van der Waals surface area contributed by atoms with Crippen LogP contribution in [0.2, 0.25) is 0 Å². The molecule has 30 heavy (non-hydrogen) atoms. The van der Waals surface area contributed by atoms with Crippen LogP contribution < -0.4 is 0 Å². The lowest BCUT2D eigenvalue weighted by molar-refractivity contribution is -0.163. The minimum absolute atomic E-state index is 0.0450. The molecule has 1 fully saturated rings. The molecule has 1 atom stereocenters. The molecular weight excluding hydrogens is 376 g/mol. The molecule has 2 aliphatic rings. The van der Waals surface area contributed by atoms with Crippen molar-refractivity contribution in [2.45, 2.75) is 38.8 Å². The molecule has 152 valence electrons. The molecular formula is C24H24N4O2. The summed E-state index contributed by atoms with van der Waals surface area (Å²) in [5, 5.41) is 6.79. The number of hydrogen-bond acceptors (Lipinski definition) is 3. The highest BCUT2D eigenvalue weighted by atomic mass is 16.2. The summed E-state index contributed by atoms with van der Waals surface area (Å²) in [5.41, 5.74) is 4.61. The van der Waals surface area contributed by atoms with Crippen molar-refractivity contribution >= 4 is 28.9 Å². The fourth-order valence-corrected chi connectivity index (χ4v) is 4.75. The van der Waals surface area contributed by atoms with Gasteiger partial charge in [-0.05, 0) is 38.0 Å². The van der Waals surface area contributed by atoms with Gasteiger partial charge in [0.25, 0.3) is 5.91 Å². The molecule has 3 heterocycles. The number of hydrogen-bond donors (Lipinski definition) is 1. The lowest BCUT2D eigenvalue weighted by Crippen LogP contribution is -2.66. The number of aromatic amines is 1. The van der Waals surface area contributed by atoms with E-state index in [0.717, 1.165) is 33.3 Å². The second-order valence-corrected chi connectivity index (χ2v) is 8.62. The van der Waals surface area contributed by atoms with Gasteiger partial charge >= 0.3 is 0 Å². The van der Waals surface area contributed by atoms with Gasteiger partial charge in [-0.1, -0.05) is 48.0 Å². The van der Waals surface area contributed by atoms with Gasteiger partial charge in [0, 0.05) is 23.0 Å². The first-order valence-corrected chi connectivity index (χ1v) is 10.2. The van der Waals surface area contributed by atoms with Crippen LogP contribution >= 0.6 is 0 Å². The zero-order valence-corrected chi connectivity index (χ0v) is 17.3. The number of carbonyl (C=O) groups excluding carboxylic acids is 2. The number of fused-ring (bicyclic) bond motifs is 4. The minimum atomic E-state index is -0.600. The van der Waals surface area contributed by atoms with Gasteiger partial charge in [-0.25, -0.2) is 5.01 Å². The summed E-state index contributed by atoms with van der Waals surface area (Å²) >= 11 is 0. The van der Waals surface area contributed by atoms with Gasteiger partial charge in [0.15, 0.2) is 0 Å². The maximum atomic E-state index is 13.3. The van der Waals surface area contributed by atoms with Crippen LogP contribution in [0.3, 0.4) is 0 Å². The first kappa shape index (κ1) is 18.6. The topological polar surface area (TPSA) is 68.8 Å². The Labute approximate surface area is 175 Å². The highest BCUT2D eigenvalue weighted by Crippen LogP contribution is 2.42. The highest BCUT2D eigenvalue weighted by molar-refractivity contribution is 5.98. The summed E-state index contributed by atoms with van der Waals surface area (Å²) in [6, 6.07) is 15.4. The molecule has 6 heteroatoms. The third-order valence-corrected chi connectivity index (χ3v) is 6.25. The molecule has 0 radical (unpaired) electrons. The van der Waals surface area contributed by atoms with Gasteiger partial charge in [0.1, 0.15) is 12.6 Å². The van der Waals surface area contributed by atoms with E-state index in [9.17, 15) is 9.59 Å². The lowest BCUT2D eigenvalue weighted by Gasteiger charge is -2.50. The van der Waals surface area contributed by atoms with E-state index in [1.807, 2.05) is 63.2 Å². The zero-order valence-electron chi connectivity index (χ0n) is 17.3. The molecule has 1 unspecified atom stereocenters. The summed E-state index contributed by atoms with van der Waals surface area (Å²) in [5.74, 6) is -0.225. The number of H-pyrrole nitrogens is 1. The van der Waals surface area contributed by atoms with Gasteiger partial charge in [0.2, 0.25) is 5.91 Å². The Bertz CT molecular complexity index is 1190. The predicted octanol–water partition coefficient (Wildman–Crippen LogP) is 3.34. The van der Waals surface area contributed by atoms with Crippen molar-refractivity contribution in [1.29, 1.82) is 0 Å². The van der Waals surface area contributed by atoms with Crippen molar-refractivity contribution in [1.82, 2.24) is 14.9 Å². The molecule has 6 nitrogen and oxygen atoms in total. The fourth-order valence-electron chi connectivity index (χ4n) is 4.75. The Kier molecular flexibility index (Phi) is 4.07. The Morgan fingerprint density at radius 2 is 1.83 bits per heavy atom. The van der Waals surface area contributed by atoms with Crippen LogP contribution in [0.4, 0.5) is 0 Å². The first-order valence-electron chi connectivity index (χ1n) is 10.2. The molecule has 0 saturated carbocycles. The van der Waals surface area contributed by atoms with Crippen LogP contribution in [0.1, 0.15) is 36.2 Å². The summed E-state index contributed by atoms with van der Waals surface area (Å²) < 4.78 is 0. The minimum Gasteiger partial charge on any atom is -0.356 e. The summed E-state index contributed by atoms with van der Waals surface area (Å²) in [4.78, 5) is 31.7. The van der Waals surface area contributed by atoms with E-state index in [-0.39, 0.29) is 18.4 Å². The molecule has 2 aliphatic heterocycles. The van der Waals surface area contributed by atoms with Crippen LogP contribution in [0.5, 0.6) is 0 Å². The van der Waals surface area contributed by atoms with E-state index in [2.05, 4.69) is 16.2 Å². The number of amides is 2. The van der Waals surface area contributed by atoms with E-state index >= 15 is 0 Å². The monoisotopic (exact) mass is 400 g/mol. The SMILES string of the molecule is Cc1ccc(C=NN2CC(=O)N3C(Cc4c([nH]c5ccccc45)C3(C)C)C2=O)cc1. The molecule has 5 rings (SSSR count). The number of nitrogens with one attached hydrogen (secondary N) is 1. The number of para-hydroxylation sites is 1. The number of rotatable bonds is 2. The molecule has 1 saturated heterocycles. The number of aryl methyl sites for hydroxylation is 1. The van der Waals surface area contributed by atoms with Crippen LogP contribution in [-0.4, -0.2) is 45.5 Å². The van der Waals surface area contributed by atoms with Crippen molar-refractivity contribution in [3.05, 3.63) is 70.9 Å². The molecule has 2 aromatic carbocycles. The highest BCUT2D eigenvalue weighted by Gasteiger charge is 2.51. The average molecular weight is 400 g/mol. The summed E-state index contributed by atoms with van der Waals surface area (Å²) in [6.07, 6.45) is 2.13. The van der Waals surface area contributed by atoms with Crippen molar-refractivity contribution in [2.75, 3.05) is 6.54 Å². The quantitative estimate of drug-likeness (QED) is 0.671. The number of benzene rings is 2. The Balaban J connectivity index is 1.51. The van der Waals surface area contributed by atoms with Crippen molar-refractivity contribution < 1.29 is 9.59 Å². The van der Waals surface area contributed by atoms with Gasteiger partial charge in [0.05, 0.1) is 11.8 Å². The smallest absolute Gasteiger partial charge is 0.266 e. The molecule has 0 aliphatic carbocycles. The molecule has 3 aromatic rings. The molecule has 2 amide bonds. The van der Waals surface area contributed by atoms with Crippen LogP contribution in [0, 0.1) is 6.92 Å². The number of aromatic nitrogens is 1. The first-order chi connectivity index (χ1) is 14.4. The Morgan fingerprint density at radius 1 is 1.10 bits per heavy atom. The lowest BCUT2D eigenvalue weighted by atomic mass is 9.82. The van der Waals surface area contributed by atoms with Crippen LogP contribution in [-0.2, 0) is 21.5 Å². The van der Waals surface area contributed by atoms with Crippen LogP contribution in [0.15, 0.2) is 53.6 Å². The third kappa shape index (κ3) is 2.75.